The lowest BCUT2D eigenvalue weighted by Gasteiger charge is -2.21. The molecule has 0 N–H and O–H groups in total. The summed E-state index contributed by atoms with van der Waals surface area (Å²) in [5.41, 5.74) is 1.25. The van der Waals surface area contributed by atoms with Crippen LogP contribution >= 0.6 is 11.8 Å². The van der Waals surface area contributed by atoms with Crippen molar-refractivity contribution in [2.45, 2.75) is 50.0 Å². The maximum Gasteiger partial charge on any atom is 0.139 e. The van der Waals surface area contributed by atoms with Crippen LogP contribution < -0.4 is 4.74 Å². The fourth-order valence-electron chi connectivity index (χ4n) is 1.59. The highest BCUT2D eigenvalue weighted by Gasteiger charge is 2.25. The van der Waals surface area contributed by atoms with Crippen LogP contribution in [0.5, 0.6) is 5.75 Å². The molecule has 1 aromatic rings. The number of rotatable bonds is 3. The topological polar surface area (TPSA) is 22.1 Å². The van der Waals surface area contributed by atoms with Crippen LogP contribution in [0.1, 0.15) is 39.3 Å². The van der Waals surface area contributed by atoms with Crippen LogP contribution in [-0.4, -0.2) is 17.3 Å². The van der Waals surface area contributed by atoms with Gasteiger partial charge in [0.2, 0.25) is 0 Å². The van der Waals surface area contributed by atoms with E-state index in [1.165, 1.54) is 17.7 Å². The predicted octanol–water partition coefficient (Wildman–Crippen LogP) is 3.64. The Hall–Kier alpha value is -0.700. The molecule has 1 aliphatic carbocycles. The number of pyridine rings is 1. The van der Waals surface area contributed by atoms with Gasteiger partial charge in [0.25, 0.3) is 0 Å². The third-order valence-corrected chi connectivity index (χ3v) is 3.34. The quantitative estimate of drug-likeness (QED) is 0.749. The molecule has 1 heterocycles. The lowest BCUT2D eigenvalue weighted by atomic mass is 9.91. The standard InChI is InChI=1S/C13H19NOS/c1-13(2,3)12-11(16-4)7-10(8-14-12)15-9-5-6-9/h7-9H,5-6H2,1-4H3. The van der Waals surface area contributed by atoms with E-state index in [9.17, 15) is 0 Å². The Morgan fingerprint density at radius 3 is 2.56 bits per heavy atom. The molecule has 0 atom stereocenters. The third kappa shape index (κ3) is 2.70. The second kappa shape index (κ2) is 4.28. The molecule has 0 aliphatic heterocycles. The van der Waals surface area contributed by atoms with Crippen LogP contribution in [0.2, 0.25) is 0 Å². The summed E-state index contributed by atoms with van der Waals surface area (Å²) in [6.07, 6.45) is 6.77. The summed E-state index contributed by atoms with van der Waals surface area (Å²) in [6.45, 7) is 6.57. The first-order chi connectivity index (χ1) is 7.50. The molecule has 1 fully saturated rings. The van der Waals surface area contributed by atoms with Crippen molar-refractivity contribution >= 4 is 11.8 Å². The van der Waals surface area contributed by atoms with Gasteiger partial charge < -0.3 is 4.74 Å². The third-order valence-electron chi connectivity index (χ3n) is 2.59. The highest BCUT2D eigenvalue weighted by molar-refractivity contribution is 7.98. The van der Waals surface area contributed by atoms with Gasteiger partial charge in [-0.2, -0.15) is 0 Å². The van der Waals surface area contributed by atoms with Crippen molar-refractivity contribution in [2.24, 2.45) is 0 Å². The van der Waals surface area contributed by atoms with E-state index in [1.807, 2.05) is 6.20 Å². The number of hydrogen-bond donors (Lipinski definition) is 0. The molecule has 88 valence electrons. The molecule has 0 bridgehead atoms. The van der Waals surface area contributed by atoms with Gasteiger partial charge in [0.1, 0.15) is 5.75 Å². The van der Waals surface area contributed by atoms with Gasteiger partial charge in [-0.05, 0) is 25.2 Å². The van der Waals surface area contributed by atoms with Crippen LogP contribution in [-0.2, 0) is 5.41 Å². The van der Waals surface area contributed by atoms with Crippen molar-refractivity contribution in [3.05, 3.63) is 18.0 Å². The lowest BCUT2D eigenvalue weighted by molar-refractivity contribution is 0.300. The molecular formula is C13H19NOS. The van der Waals surface area contributed by atoms with Gasteiger partial charge in [0.05, 0.1) is 18.0 Å². The molecule has 0 unspecified atom stereocenters. The van der Waals surface area contributed by atoms with Crippen LogP contribution in [0.4, 0.5) is 0 Å². The van der Waals surface area contributed by atoms with Gasteiger partial charge >= 0.3 is 0 Å². The maximum atomic E-state index is 5.76. The predicted molar refractivity (Wildman–Crippen MR) is 68.4 cm³/mol. The zero-order valence-corrected chi connectivity index (χ0v) is 11.2. The van der Waals surface area contributed by atoms with E-state index in [-0.39, 0.29) is 5.41 Å². The zero-order chi connectivity index (χ0) is 11.8. The fraction of sp³-hybridized carbons (Fsp3) is 0.615. The molecule has 1 aliphatic rings. The summed E-state index contributed by atoms with van der Waals surface area (Å²) in [7, 11) is 0. The van der Waals surface area contributed by atoms with Gasteiger partial charge in [0.15, 0.2) is 0 Å². The maximum absolute atomic E-state index is 5.76. The summed E-state index contributed by atoms with van der Waals surface area (Å²) >= 11 is 1.74. The lowest BCUT2D eigenvalue weighted by Crippen LogP contribution is -2.15. The van der Waals surface area contributed by atoms with Crippen LogP contribution in [0.25, 0.3) is 0 Å². The number of thioether (sulfide) groups is 1. The summed E-state index contributed by atoms with van der Waals surface area (Å²) in [5, 5.41) is 0. The largest absolute Gasteiger partial charge is 0.489 e. The molecule has 2 rings (SSSR count). The van der Waals surface area contributed by atoms with Crippen LogP contribution in [0.3, 0.4) is 0 Å². The molecule has 0 radical (unpaired) electrons. The minimum atomic E-state index is 0.0937. The average Bonchev–Trinajstić information content (AvgIpc) is 3.00. The second-order valence-corrected chi connectivity index (χ2v) is 6.14. The van der Waals surface area contributed by atoms with Gasteiger partial charge in [0, 0.05) is 10.3 Å². The molecule has 16 heavy (non-hydrogen) atoms. The summed E-state index contributed by atoms with van der Waals surface area (Å²) in [6, 6.07) is 2.12. The Balaban J connectivity index is 2.26. The molecule has 0 spiro atoms. The average molecular weight is 237 g/mol. The van der Waals surface area contributed by atoms with Gasteiger partial charge in [-0.25, -0.2) is 0 Å². The van der Waals surface area contributed by atoms with Crippen molar-refractivity contribution < 1.29 is 4.74 Å². The smallest absolute Gasteiger partial charge is 0.139 e. The first-order valence-corrected chi connectivity index (χ1v) is 6.94. The Labute approximate surface area is 102 Å². The summed E-state index contributed by atoms with van der Waals surface area (Å²) in [5.74, 6) is 0.917. The van der Waals surface area contributed by atoms with Crippen molar-refractivity contribution in [1.82, 2.24) is 4.98 Å². The Kier molecular flexibility index (Phi) is 3.15. The Morgan fingerprint density at radius 2 is 2.06 bits per heavy atom. The number of ether oxygens (including phenoxy) is 1. The second-order valence-electron chi connectivity index (χ2n) is 5.29. The van der Waals surface area contributed by atoms with E-state index < -0.39 is 0 Å². The Morgan fingerprint density at radius 1 is 1.38 bits per heavy atom. The normalized spacial score (nSPS) is 16.2. The van der Waals surface area contributed by atoms with E-state index in [4.69, 9.17) is 4.74 Å². The molecule has 3 heteroatoms. The summed E-state index contributed by atoms with van der Waals surface area (Å²) < 4.78 is 5.76. The van der Waals surface area contributed by atoms with Crippen LogP contribution in [0.15, 0.2) is 17.2 Å². The monoisotopic (exact) mass is 237 g/mol. The zero-order valence-electron chi connectivity index (χ0n) is 10.4. The van der Waals surface area contributed by atoms with Gasteiger partial charge in [-0.15, -0.1) is 11.8 Å². The molecular weight excluding hydrogens is 218 g/mol. The number of aromatic nitrogens is 1. The minimum Gasteiger partial charge on any atom is -0.489 e. The van der Waals surface area contributed by atoms with Crippen molar-refractivity contribution in [2.75, 3.05) is 6.26 Å². The van der Waals surface area contributed by atoms with Crippen molar-refractivity contribution in [3.63, 3.8) is 0 Å². The number of nitrogens with zero attached hydrogens (tertiary/aromatic N) is 1. The first-order valence-electron chi connectivity index (χ1n) is 5.72. The molecule has 0 aromatic carbocycles. The van der Waals surface area contributed by atoms with Crippen molar-refractivity contribution in [1.29, 1.82) is 0 Å². The Bertz CT molecular complexity index is 380. The molecule has 1 saturated carbocycles. The summed E-state index contributed by atoms with van der Waals surface area (Å²) in [4.78, 5) is 5.78. The molecule has 0 amide bonds. The SMILES string of the molecule is CSc1cc(OC2CC2)cnc1C(C)(C)C. The van der Waals surface area contributed by atoms with Gasteiger partial charge in [-0.1, -0.05) is 20.8 Å². The number of hydrogen-bond acceptors (Lipinski definition) is 3. The molecule has 2 nitrogen and oxygen atoms in total. The highest BCUT2D eigenvalue weighted by atomic mass is 32.2. The molecule has 0 saturated heterocycles. The first kappa shape index (κ1) is 11.8. The molecule has 1 aromatic heterocycles. The fourth-order valence-corrected chi connectivity index (χ4v) is 2.37. The minimum absolute atomic E-state index is 0.0937. The van der Waals surface area contributed by atoms with E-state index in [0.29, 0.717) is 6.10 Å². The van der Waals surface area contributed by atoms with Crippen LogP contribution in [0, 0.1) is 0 Å². The highest BCUT2D eigenvalue weighted by Crippen LogP contribution is 2.34. The van der Waals surface area contributed by atoms with Crippen molar-refractivity contribution in [3.8, 4) is 5.75 Å². The van der Waals surface area contributed by atoms with E-state index in [2.05, 4.69) is 38.1 Å². The van der Waals surface area contributed by atoms with E-state index in [0.717, 1.165) is 11.4 Å². The van der Waals surface area contributed by atoms with E-state index >= 15 is 0 Å². The van der Waals surface area contributed by atoms with Gasteiger partial charge in [-0.3, -0.25) is 4.98 Å². The van der Waals surface area contributed by atoms with E-state index in [1.54, 1.807) is 11.8 Å².